The normalized spacial score (nSPS) is 6.82. The lowest BCUT2D eigenvalue weighted by atomic mass is 10.3. The Morgan fingerprint density at radius 1 is 0.409 bits per heavy atom. The first-order chi connectivity index (χ1) is 10.9. The van der Waals surface area contributed by atoms with Crippen LogP contribution in [0.2, 0.25) is 0 Å². The molecule has 0 heterocycles. The molecule has 0 saturated heterocycles. The molecule has 0 aliphatic heterocycles. The Hall–Kier alpha value is -2.64. The maximum absolute atomic E-state index is 3.06. The van der Waals surface area contributed by atoms with Crippen LogP contribution < -0.4 is 0 Å². The molecule has 0 rings (SSSR count). The number of rotatable bonds is 1. The lowest BCUT2D eigenvalue weighted by molar-refractivity contribution is 0.982. The fourth-order valence-corrected chi connectivity index (χ4v) is 1.18. The SMILES string of the molecule is CCC#CCC#CCC#CCC#CCC#CCC#CCCC. The fourth-order valence-electron chi connectivity index (χ4n) is 1.18. The summed E-state index contributed by atoms with van der Waals surface area (Å²) in [6, 6.07) is 0. The van der Waals surface area contributed by atoms with Gasteiger partial charge in [0.2, 0.25) is 0 Å². The Balaban J connectivity index is 3.72. The van der Waals surface area contributed by atoms with Crippen molar-refractivity contribution in [2.75, 3.05) is 0 Å². The average Bonchev–Trinajstić information content (AvgIpc) is 2.54. The highest BCUT2D eigenvalue weighted by atomic mass is 13.8. The van der Waals surface area contributed by atoms with Crippen molar-refractivity contribution in [2.24, 2.45) is 0 Å². The molecule has 0 bridgehead atoms. The van der Waals surface area contributed by atoms with Crippen molar-refractivity contribution in [1.82, 2.24) is 0 Å². The second-order valence-corrected chi connectivity index (χ2v) is 4.11. The largest absolute Gasteiger partial charge is 0.103 e. The molecule has 0 unspecified atom stereocenters. The predicted octanol–water partition coefficient (Wildman–Crippen LogP) is 4.17. The van der Waals surface area contributed by atoms with Gasteiger partial charge in [-0.2, -0.15) is 0 Å². The van der Waals surface area contributed by atoms with E-state index in [9.17, 15) is 0 Å². The molecule has 0 N–H and O–H groups in total. The van der Waals surface area contributed by atoms with E-state index < -0.39 is 0 Å². The van der Waals surface area contributed by atoms with Crippen molar-refractivity contribution >= 4 is 0 Å². The molecule has 0 fully saturated rings. The van der Waals surface area contributed by atoms with E-state index in [4.69, 9.17) is 0 Å². The molecule has 0 radical (unpaired) electrons. The van der Waals surface area contributed by atoms with E-state index >= 15 is 0 Å². The number of hydrogen-bond donors (Lipinski definition) is 0. The zero-order valence-corrected chi connectivity index (χ0v) is 13.7. The lowest BCUT2D eigenvalue weighted by Gasteiger charge is -1.76. The molecular weight excluding hydrogens is 264 g/mol. The molecule has 0 heteroatoms. The summed E-state index contributed by atoms with van der Waals surface area (Å²) >= 11 is 0. The summed E-state index contributed by atoms with van der Waals surface area (Å²) in [4.78, 5) is 0. The summed E-state index contributed by atoms with van der Waals surface area (Å²) in [5.74, 6) is 35.9. The lowest BCUT2D eigenvalue weighted by Crippen LogP contribution is -1.66. The molecule has 0 nitrogen and oxygen atoms in total. The third kappa shape index (κ3) is 17.4. The van der Waals surface area contributed by atoms with E-state index in [1.165, 1.54) is 0 Å². The third-order valence-corrected chi connectivity index (χ3v) is 2.19. The topological polar surface area (TPSA) is 0 Å². The summed E-state index contributed by atoms with van der Waals surface area (Å²) in [5.41, 5.74) is 0. The molecule has 0 aliphatic carbocycles. The Morgan fingerprint density at radius 2 is 0.727 bits per heavy atom. The van der Waals surface area contributed by atoms with Crippen molar-refractivity contribution < 1.29 is 0 Å². The van der Waals surface area contributed by atoms with Gasteiger partial charge in [0.15, 0.2) is 0 Å². The molecule has 22 heavy (non-hydrogen) atoms. The van der Waals surface area contributed by atoms with E-state index in [0.717, 1.165) is 19.3 Å². The highest BCUT2D eigenvalue weighted by Crippen LogP contribution is 1.82. The molecule has 0 spiro atoms. The zero-order valence-electron chi connectivity index (χ0n) is 13.7. The summed E-state index contributed by atoms with van der Waals surface area (Å²) in [5, 5.41) is 0. The third-order valence-electron chi connectivity index (χ3n) is 2.19. The van der Waals surface area contributed by atoms with Crippen LogP contribution in [0.1, 0.15) is 65.2 Å². The van der Waals surface area contributed by atoms with Gasteiger partial charge in [0.1, 0.15) is 0 Å². The zero-order chi connectivity index (χ0) is 16.1. The van der Waals surface area contributed by atoms with Crippen LogP contribution in [0.3, 0.4) is 0 Å². The van der Waals surface area contributed by atoms with Crippen molar-refractivity contribution in [3.05, 3.63) is 0 Å². The van der Waals surface area contributed by atoms with Gasteiger partial charge >= 0.3 is 0 Å². The molecule has 0 atom stereocenters. The smallest absolute Gasteiger partial charge is 0.0703 e. The molecule has 0 saturated carbocycles. The minimum Gasteiger partial charge on any atom is -0.103 e. The van der Waals surface area contributed by atoms with E-state index in [2.05, 4.69) is 78.0 Å². The van der Waals surface area contributed by atoms with Crippen molar-refractivity contribution in [3.63, 3.8) is 0 Å². The standard InChI is InChI=1S/C22H22/c1-3-5-7-9-11-13-15-17-19-21-22-20-18-16-14-12-10-8-6-4-2/h3-5,10-11,16-17,22H2,1-2H3. The quantitative estimate of drug-likeness (QED) is 0.635. The van der Waals surface area contributed by atoms with Crippen LogP contribution in [-0.4, -0.2) is 0 Å². The predicted molar refractivity (Wildman–Crippen MR) is 94.9 cm³/mol. The average molecular weight is 286 g/mol. The van der Waals surface area contributed by atoms with Crippen molar-refractivity contribution in [1.29, 1.82) is 0 Å². The van der Waals surface area contributed by atoms with Crippen LogP contribution in [-0.2, 0) is 0 Å². The van der Waals surface area contributed by atoms with Crippen molar-refractivity contribution in [2.45, 2.75) is 65.2 Å². The number of hydrogen-bond acceptors (Lipinski definition) is 0. The van der Waals surface area contributed by atoms with Crippen LogP contribution in [0, 0.1) is 71.0 Å². The van der Waals surface area contributed by atoms with Gasteiger partial charge in [0.05, 0.1) is 32.1 Å². The van der Waals surface area contributed by atoms with Crippen LogP contribution in [0.5, 0.6) is 0 Å². The minimum atomic E-state index is 0.579. The summed E-state index contributed by atoms with van der Waals surface area (Å²) in [6.07, 6.45) is 5.98. The van der Waals surface area contributed by atoms with Gasteiger partial charge in [0.25, 0.3) is 0 Å². The first kappa shape index (κ1) is 19.4. The second kappa shape index (κ2) is 18.4. The maximum Gasteiger partial charge on any atom is 0.0703 e. The van der Waals surface area contributed by atoms with Gasteiger partial charge in [-0.05, 0) is 6.42 Å². The Morgan fingerprint density at radius 3 is 1.05 bits per heavy atom. The Labute approximate surface area is 136 Å². The highest BCUT2D eigenvalue weighted by molar-refractivity contribution is 5.20. The van der Waals surface area contributed by atoms with Gasteiger partial charge in [0, 0.05) is 12.8 Å². The van der Waals surface area contributed by atoms with E-state index in [1.807, 2.05) is 6.92 Å². The molecule has 110 valence electrons. The summed E-state index contributed by atoms with van der Waals surface area (Å²) < 4.78 is 0. The molecule has 0 aliphatic rings. The van der Waals surface area contributed by atoms with E-state index in [0.29, 0.717) is 32.1 Å². The first-order valence-corrected chi connectivity index (χ1v) is 7.66. The molecular formula is C22H22. The first-order valence-electron chi connectivity index (χ1n) is 7.66. The molecule has 0 aromatic heterocycles. The maximum atomic E-state index is 3.06. The van der Waals surface area contributed by atoms with E-state index in [1.54, 1.807) is 0 Å². The van der Waals surface area contributed by atoms with Crippen LogP contribution in [0.4, 0.5) is 0 Å². The Kier molecular flexibility index (Phi) is 16.2. The minimum absolute atomic E-state index is 0.579. The van der Waals surface area contributed by atoms with Crippen LogP contribution >= 0.6 is 0 Å². The monoisotopic (exact) mass is 286 g/mol. The van der Waals surface area contributed by atoms with Gasteiger partial charge in [-0.15, -0.1) is 11.8 Å². The number of unbranched alkanes of at least 4 members (excludes halogenated alkanes) is 1. The summed E-state index contributed by atoms with van der Waals surface area (Å²) in [6.45, 7) is 4.15. The molecule has 0 aromatic rings. The fraction of sp³-hybridized carbons (Fsp3) is 0.455. The van der Waals surface area contributed by atoms with Crippen LogP contribution in [0.25, 0.3) is 0 Å². The van der Waals surface area contributed by atoms with E-state index in [-0.39, 0.29) is 0 Å². The van der Waals surface area contributed by atoms with Gasteiger partial charge in [-0.1, -0.05) is 73.1 Å². The summed E-state index contributed by atoms with van der Waals surface area (Å²) in [7, 11) is 0. The highest BCUT2D eigenvalue weighted by Gasteiger charge is 1.72. The van der Waals surface area contributed by atoms with Gasteiger partial charge in [-0.3, -0.25) is 0 Å². The van der Waals surface area contributed by atoms with Crippen molar-refractivity contribution in [3.8, 4) is 71.0 Å². The molecule has 0 amide bonds. The van der Waals surface area contributed by atoms with Crippen LogP contribution in [0.15, 0.2) is 0 Å². The van der Waals surface area contributed by atoms with Gasteiger partial charge in [-0.25, -0.2) is 0 Å². The second-order valence-electron chi connectivity index (χ2n) is 4.11. The molecule has 0 aromatic carbocycles. The van der Waals surface area contributed by atoms with Gasteiger partial charge < -0.3 is 0 Å². The Bertz CT molecular complexity index is 653.